The second-order valence-corrected chi connectivity index (χ2v) is 8.38. The third kappa shape index (κ3) is 3.96. The molecule has 1 aliphatic rings. The Labute approximate surface area is 150 Å². The fourth-order valence-corrected chi connectivity index (χ4v) is 3.83. The van der Waals surface area contributed by atoms with Crippen LogP contribution in [0.1, 0.15) is 56.8 Å². The molecule has 6 heteroatoms. The molecule has 1 atom stereocenters. The summed E-state index contributed by atoms with van der Waals surface area (Å²) < 4.78 is 3.84. The van der Waals surface area contributed by atoms with Crippen LogP contribution in [-0.2, 0) is 26.1 Å². The molecule has 0 spiro atoms. The van der Waals surface area contributed by atoms with Crippen molar-refractivity contribution in [2.75, 3.05) is 13.1 Å². The molecule has 0 amide bonds. The van der Waals surface area contributed by atoms with E-state index in [4.69, 9.17) is 0 Å². The molecule has 0 radical (unpaired) electrons. The molecule has 1 aliphatic heterocycles. The van der Waals surface area contributed by atoms with Gasteiger partial charge in [0.05, 0.1) is 5.69 Å². The molecule has 0 saturated carbocycles. The number of aryl methyl sites for hydroxylation is 2. The van der Waals surface area contributed by atoms with Gasteiger partial charge in [-0.2, -0.15) is 5.10 Å². The highest BCUT2D eigenvalue weighted by atomic mass is 16.3. The van der Waals surface area contributed by atoms with Crippen molar-refractivity contribution in [3.05, 3.63) is 35.7 Å². The van der Waals surface area contributed by atoms with Crippen molar-refractivity contribution in [2.45, 2.75) is 51.7 Å². The third-order valence-corrected chi connectivity index (χ3v) is 5.21. The van der Waals surface area contributed by atoms with E-state index in [0.717, 1.165) is 38.3 Å². The van der Waals surface area contributed by atoms with E-state index in [1.165, 1.54) is 11.3 Å². The van der Waals surface area contributed by atoms with E-state index in [9.17, 15) is 5.11 Å². The van der Waals surface area contributed by atoms with Crippen LogP contribution in [0.15, 0.2) is 18.6 Å². The first kappa shape index (κ1) is 18.1. The summed E-state index contributed by atoms with van der Waals surface area (Å²) in [5.74, 6) is 1.06. The van der Waals surface area contributed by atoms with Crippen LogP contribution in [0.4, 0.5) is 0 Å². The molecule has 25 heavy (non-hydrogen) atoms. The molecule has 0 aliphatic carbocycles. The number of aromatic nitrogens is 4. The van der Waals surface area contributed by atoms with E-state index in [2.05, 4.69) is 42.0 Å². The SMILES string of the molecule is Cn1cc(CN2CCC(C(O)c3nccn3C)CC2)c(C(C)(C)C)n1. The highest BCUT2D eigenvalue weighted by Gasteiger charge is 2.29. The Morgan fingerprint density at radius 2 is 1.92 bits per heavy atom. The van der Waals surface area contributed by atoms with E-state index >= 15 is 0 Å². The zero-order valence-electron chi connectivity index (χ0n) is 16.1. The standard InChI is InChI=1S/C19H31N5O/c1-19(2,3)17-15(12-23(5)21-17)13-24-9-6-14(7-10-24)16(25)18-20-8-11-22(18)4/h8,11-12,14,16,25H,6-7,9-10,13H2,1-5H3. The minimum absolute atomic E-state index is 0.0588. The van der Waals surface area contributed by atoms with Gasteiger partial charge in [0.15, 0.2) is 0 Å². The van der Waals surface area contributed by atoms with Gasteiger partial charge in [-0.25, -0.2) is 4.98 Å². The van der Waals surface area contributed by atoms with Gasteiger partial charge in [-0.15, -0.1) is 0 Å². The van der Waals surface area contributed by atoms with Crippen LogP contribution in [0.25, 0.3) is 0 Å². The summed E-state index contributed by atoms with van der Waals surface area (Å²) in [6.07, 6.45) is 7.33. The largest absolute Gasteiger partial charge is 0.385 e. The van der Waals surface area contributed by atoms with Crippen molar-refractivity contribution in [1.82, 2.24) is 24.2 Å². The van der Waals surface area contributed by atoms with Crippen LogP contribution in [0.2, 0.25) is 0 Å². The number of hydrogen-bond acceptors (Lipinski definition) is 4. The Morgan fingerprint density at radius 3 is 2.48 bits per heavy atom. The van der Waals surface area contributed by atoms with Gasteiger partial charge in [0.25, 0.3) is 0 Å². The van der Waals surface area contributed by atoms with Gasteiger partial charge in [0.2, 0.25) is 0 Å². The predicted molar refractivity (Wildman–Crippen MR) is 98.1 cm³/mol. The van der Waals surface area contributed by atoms with Crippen molar-refractivity contribution in [2.24, 2.45) is 20.0 Å². The topological polar surface area (TPSA) is 59.1 Å². The molecular formula is C19H31N5O. The van der Waals surface area contributed by atoms with Crippen molar-refractivity contribution in [3.8, 4) is 0 Å². The average Bonchev–Trinajstić information content (AvgIpc) is 3.13. The molecule has 3 heterocycles. The molecule has 6 nitrogen and oxygen atoms in total. The number of hydrogen-bond donors (Lipinski definition) is 1. The van der Waals surface area contributed by atoms with Crippen LogP contribution in [0, 0.1) is 5.92 Å². The molecule has 1 saturated heterocycles. The summed E-state index contributed by atoms with van der Waals surface area (Å²) >= 11 is 0. The smallest absolute Gasteiger partial charge is 0.137 e. The number of nitrogens with zero attached hydrogens (tertiary/aromatic N) is 5. The highest BCUT2D eigenvalue weighted by molar-refractivity contribution is 5.24. The maximum atomic E-state index is 10.6. The normalized spacial score (nSPS) is 18.6. The van der Waals surface area contributed by atoms with Crippen LogP contribution >= 0.6 is 0 Å². The van der Waals surface area contributed by atoms with E-state index in [0.29, 0.717) is 0 Å². The van der Waals surface area contributed by atoms with Crippen LogP contribution < -0.4 is 0 Å². The average molecular weight is 345 g/mol. The zero-order chi connectivity index (χ0) is 18.2. The molecule has 0 bridgehead atoms. The van der Waals surface area contributed by atoms with Gasteiger partial charge >= 0.3 is 0 Å². The zero-order valence-corrected chi connectivity index (χ0v) is 16.1. The highest BCUT2D eigenvalue weighted by Crippen LogP contribution is 2.31. The van der Waals surface area contributed by atoms with Gasteiger partial charge < -0.3 is 9.67 Å². The summed E-state index contributed by atoms with van der Waals surface area (Å²) in [6.45, 7) is 9.60. The monoisotopic (exact) mass is 345 g/mol. The van der Waals surface area contributed by atoms with E-state index in [1.54, 1.807) is 6.20 Å². The first-order valence-electron chi connectivity index (χ1n) is 9.16. The second kappa shape index (κ2) is 6.92. The number of rotatable bonds is 4. The molecule has 1 fully saturated rings. The fourth-order valence-electron chi connectivity index (χ4n) is 3.83. The Hall–Kier alpha value is -1.66. The number of likely N-dealkylation sites (tertiary alicyclic amines) is 1. The number of imidazole rings is 1. The van der Waals surface area contributed by atoms with Gasteiger partial charge in [-0.1, -0.05) is 20.8 Å². The van der Waals surface area contributed by atoms with Crippen molar-refractivity contribution >= 4 is 0 Å². The van der Waals surface area contributed by atoms with Crippen LogP contribution in [0.5, 0.6) is 0 Å². The molecule has 2 aromatic heterocycles. The lowest BCUT2D eigenvalue weighted by molar-refractivity contribution is 0.0491. The predicted octanol–water partition coefficient (Wildman–Crippen LogP) is 2.40. The summed E-state index contributed by atoms with van der Waals surface area (Å²) in [5.41, 5.74) is 2.56. The van der Waals surface area contributed by atoms with Crippen molar-refractivity contribution in [1.29, 1.82) is 0 Å². The molecule has 3 rings (SSSR count). The van der Waals surface area contributed by atoms with Crippen LogP contribution in [-0.4, -0.2) is 42.4 Å². The molecule has 2 aromatic rings. The number of aliphatic hydroxyl groups excluding tert-OH is 1. The molecule has 1 N–H and O–H groups in total. The minimum Gasteiger partial charge on any atom is -0.385 e. The maximum absolute atomic E-state index is 10.6. The van der Waals surface area contributed by atoms with Crippen molar-refractivity contribution < 1.29 is 5.11 Å². The van der Waals surface area contributed by atoms with Gasteiger partial charge in [-0.05, 0) is 31.8 Å². The quantitative estimate of drug-likeness (QED) is 0.924. The van der Waals surface area contributed by atoms with Gasteiger partial charge in [0, 0.05) is 50.2 Å². The Bertz CT molecular complexity index is 704. The van der Waals surface area contributed by atoms with Crippen molar-refractivity contribution in [3.63, 3.8) is 0 Å². The Balaban J connectivity index is 1.61. The molecule has 0 aromatic carbocycles. The summed E-state index contributed by atoms with van der Waals surface area (Å²) in [7, 11) is 3.94. The fraction of sp³-hybridized carbons (Fsp3) is 0.684. The molecular weight excluding hydrogens is 314 g/mol. The first-order chi connectivity index (χ1) is 11.8. The third-order valence-electron chi connectivity index (χ3n) is 5.21. The summed E-state index contributed by atoms with van der Waals surface area (Å²) in [5, 5.41) is 15.3. The molecule has 1 unspecified atom stereocenters. The van der Waals surface area contributed by atoms with E-state index < -0.39 is 6.10 Å². The number of aliphatic hydroxyl groups is 1. The van der Waals surface area contributed by atoms with E-state index in [-0.39, 0.29) is 11.3 Å². The summed E-state index contributed by atoms with van der Waals surface area (Å²) in [6, 6.07) is 0. The lowest BCUT2D eigenvalue weighted by Crippen LogP contribution is -2.36. The number of piperidine rings is 1. The van der Waals surface area contributed by atoms with Crippen LogP contribution in [0.3, 0.4) is 0 Å². The Kier molecular flexibility index (Phi) is 5.02. The lowest BCUT2D eigenvalue weighted by atomic mass is 9.88. The lowest BCUT2D eigenvalue weighted by Gasteiger charge is -2.34. The van der Waals surface area contributed by atoms with Gasteiger partial charge in [-0.3, -0.25) is 9.58 Å². The summed E-state index contributed by atoms with van der Waals surface area (Å²) in [4.78, 5) is 6.79. The van der Waals surface area contributed by atoms with Gasteiger partial charge in [0.1, 0.15) is 11.9 Å². The first-order valence-corrected chi connectivity index (χ1v) is 9.16. The maximum Gasteiger partial charge on any atom is 0.137 e. The Morgan fingerprint density at radius 1 is 1.24 bits per heavy atom. The second-order valence-electron chi connectivity index (χ2n) is 8.38. The molecule has 138 valence electrons. The van der Waals surface area contributed by atoms with E-state index in [1.807, 2.05) is 29.5 Å². The minimum atomic E-state index is -0.467.